The Bertz CT molecular complexity index is 445. The van der Waals surface area contributed by atoms with Gasteiger partial charge in [-0.15, -0.1) is 0 Å². The molecule has 110 valence electrons. The Kier molecular flexibility index (Phi) is 5.80. The summed E-state index contributed by atoms with van der Waals surface area (Å²) in [7, 11) is 4.13. The van der Waals surface area contributed by atoms with Gasteiger partial charge in [0, 0.05) is 25.6 Å². The molecule has 0 aromatic heterocycles. The molecule has 0 bridgehead atoms. The van der Waals surface area contributed by atoms with Gasteiger partial charge in [0.1, 0.15) is 0 Å². The van der Waals surface area contributed by atoms with Gasteiger partial charge in [0.25, 0.3) is 0 Å². The molecule has 2 N–H and O–H groups in total. The van der Waals surface area contributed by atoms with E-state index >= 15 is 0 Å². The summed E-state index contributed by atoms with van der Waals surface area (Å²) in [6.07, 6.45) is 3.76. The minimum atomic E-state index is 0.591. The van der Waals surface area contributed by atoms with Gasteiger partial charge in [-0.2, -0.15) is 0 Å². The molecule has 0 aliphatic heterocycles. The van der Waals surface area contributed by atoms with Gasteiger partial charge in [0.15, 0.2) is 5.11 Å². The molecule has 1 aliphatic rings. The summed E-state index contributed by atoms with van der Waals surface area (Å²) in [6, 6.07) is 8.81. The molecule has 0 saturated heterocycles. The maximum absolute atomic E-state index is 5.33. The third-order valence-corrected chi connectivity index (χ3v) is 4.14. The minimum absolute atomic E-state index is 0.591. The summed E-state index contributed by atoms with van der Waals surface area (Å²) < 4.78 is 0. The summed E-state index contributed by atoms with van der Waals surface area (Å²) in [5, 5.41) is 7.40. The number of aryl methyl sites for hydroxylation is 1. The van der Waals surface area contributed by atoms with Crippen LogP contribution < -0.4 is 10.6 Å². The van der Waals surface area contributed by atoms with Crippen molar-refractivity contribution < 1.29 is 0 Å². The van der Waals surface area contributed by atoms with Crippen molar-refractivity contribution in [3.63, 3.8) is 0 Å². The summed E-state index contributed by atoms with van der Waals surface area (Å²) in [4.78, 5) is 2.15. The molecular weight excluding hydrogens is 266 g/mol. The second-order valence-electron chi connectivity index (χ2n) is 5.73. The van der Waals surface area contributed by atoms with E-state index in [1.54, 1.807) is 0 Å². The molecule has 0 spiro atoms. The first-order valence-electron chi connectivity index (χ1n) is 7.41. The van der Waals surface area contributed by atoms with E-state index in [2.05, 4.69) is 53.9 Å². The number of thiocarbonyl (C=S) groups is 1. The molecular formula is C16H25N3S. The molecule has 1 unspecified atom stereocenters. The van der Waals surface area contributed by atoms with E-state index in [9.17, 15) is 0 Å². The Morgan fingerprint density at radius 2 is 2.10 bits per heavy atom. The second-order valence-corrected chi connectivity index (χ2v) is 6.14. The van der Waals surface area contributed by atoms with E-state index in [0.29, 0.717) is 5.92 Å². The topological polar surface area (TPSA) is 27.3 Å². The van der Waals surface area contributed by atoms with Crippen LogP contribution in [0.15, 0.2) is 24.3 Å². The van der Waals surface area contributed by atoms with Gasteiger partial charge in [-0.25, -0.2) is 0 Å². The van der Waals surface area contributed by atoms with Crippen LogP contribution in [0.1, 0.15) is 29.9 Å². The molecule has 0 fully saturated rings. The molecule has 0 radical (unpaired) electrons. The summed E-state index contributed by atoms with van der Waals surface area (Å²) in [5.74, 6) is 0.591. The second kappa shape index (κ2) is 7.60. The molecule has 1 aromatic carbocycles. The van der Waals surface area contributed by atoms with Gasteiger partial charge in [-0.3, -0.25) is 0 Å². The average Bonchev–Trinajstić information content (AvgIpc) is 2.44. The van der Waals surface area contributed by atoms with Crippen LogP contribution >= 0.6 is 12.2 Å². The average molecular weight is 291 g/mol. The van der Waals surface area contributed by atoms with Crippen LogP contribution in [0.5, 0.6) is 0 Å². The first kappa shape index (κ1) is 15.3. The molecule has 0 saturated carbocycles. The molecule has 20 heavy (non-hydrogen) atoms. The highest BCUT2D eigenvalue weighted by Crippen LogP contribution is 2.30. The minimum Gasteiger partial charge on any atom is -0.362 e. The predicted octanol–water partition coefficient (Wildman–Crippen LogP) is 2.13. The van der Waals surface area contributed by atoms with E-state index in [4.69, 9.17) is 12.2 Å². The molecule has 1 aromatic rings. The third kappa shape index (κ3) is 4.46. The fourth-order valence-corrected chi connectivity index (χ4v) is 2.92. The number of benzene rings is 1. The Morgan fingerprint density at radius 3 is 2.90 bits per heavy atom. The van der Waals surface area contributed by atoms with Crippen molar-refractivity contribution >= 4 is 17.3 Å². The van der Waals surface area contributed by atoms with Crippen LogP contribution in [0.4, 0.5) is 0 Å². The lowest BCUT2D eigenvalue weighted by atomic mass is 9.83. The smallest absolute Gasteiger partial charge is 0.166 e. The number of likely N-dealkylation sites (N-methyl/N-ethyl adjacent to an activating group) is 1. The Morgan fingerprint density at radius 1 is 1.30 bits per heavy atom. The Labute approximate surface area is 127 Å². The quantitative estimate of drug-likeness (QED) is 0.813. The van der Waals surface area contributed by atoms with Crippen LogP contribution in [-0.4, -0.2) is 43.7 Å². The highest BCUT2D eigenvalue weighted by atomic mass is 32.1. The van der Waals surface area contributed by atoms with Crippen molar-refractivity contribution in [2.45, 2.75) is 25.2 Å². The normalized spacial score (nSPS) is 17.6. The van der Waals surface area contributed by atoms with Gasteiger partial charge in [-0.05, 0) is 56.7 Å². The van der Waals surface area contributed by atoms with Gasteiger partial charge in [0.2, 0.25) is 0 Å². The molecule has 3 nitrogen and oxygen atoms in total. The maximum Gasteiger partial charge on any atom is 0.166 e. The van der Waals surface area contributed by atoms with Crippen LogP contribution in [0, 0.1) is 0 Å². The van der Waals surface area contributed by atoms with Crippen molar-refractivity contribution in [1.29, 1.82) is 0 Å². The van der Waals surface area contributed by atoms with Crippen LogP contribution in [0.25, 0.3) is 0 Å². The fraction of sp³-hybridized carbons (Fsp3) is 0.562. The molecule has 0 heterocycles. The van der Waals surface area contributed by atoms with E-state index in [1.165, 1.54) is 30.4 Å². The standard InChI is InChI=1S/C16H25N3S/c1-19(2)11-10-17-16(20)18-12-14-8-5-7-13-6-3-4-9-15(13)14/h3-4,6,9,14H,5,7-8,10-12H2,1-2H3,(H2,17,18,20). The Hall–Kier alpha value is -1.13. The van der Waals surface area contributed by atoms with E-state index in [1.807, 2.05) is 0 Å². The predicted molar refractivity (Wildman–Crippen MR) is 89.3 cm³/mol. The van der Waals surface area contributed by atoms with E-state index in [0.717, 1.165) is 24.7 Å². The zero-order valence-corrected chi connectivity index (χ0v) is 13.3. The third-order valence-electron chi connectivity index (χ3n) is 3.85. The number of nitrogens with one attached hydrogen (secondary N) is 2. The van der Waals surface area contributed by atoms with E-state index < -0.39 is 0 Å². The summed E-state index contributed by atoms with van der Waals surface area (Å²) >= 11 is 5.33. The van der Waals surface area contributed by atoms with Crippen LogP contribution in [-0.2, 0) is 6.42 Å². The van der Waals surface area contributed by atoms with Gasteiger partial charge >= 0.3 is 0 Å². The highest BCUT2D eigenvalue weighted by Gasteiger charge is 2.19. The number of fused-ring (bicyclic) bond motifs is 1. The zero-order chi connectivity index (χ0) is 14.4. The van der Waals surface area contributed by atoms with Gasteiger partial charge in [0.05, 0.1) is 0 Å². The number of hydrogen-bond acceptors (Lipinski definition) is 2. The lowest BCUT2D eigenvalue weighted by molar-refractivity contribution is 0.412. The van der Waals surface area contributed by atoms with Crippen LogP contribution in [0.2, 0.25) is 0 Å². The van der Waals surface area contributed by atoms with E-state index in [-0.39, 0.29) is 0 Å². The highest BCUT2D eigenvalue weighted by molar-refractivity contribution is 7.80. The first-order valence-corrected chi connectivity index (χ1v) is 7.82. The maximum atomic E-state index is 5.33. The SMILES string of the molecule is CN(C)CCNC(=S)NCC1CCCc2ccccc21. The van der Waals surface area contributed by atoms with Crippen molar-refractivity contribution in [2.24, 2.45) is 0 Å². The van der Waals surface area contributed by atoms with Gasteiger partial charge < -0.3 is 15.5 Å². The molecule has 1 atom stereocenters. The molecule has 0 amide bonds. The van der Waals surface area contributed by atoms with Crippen LogP contribution in [0.3, 0.4) is 0 Å². The number of rotatable bonds is 5. The monoisotopic (exact) mass is 291 g/mol. The summed E-state index contributed by atoms with van der Waals surface area (Å²) in [6.45, 7) is 2.82. The largest absolute Gasteiger partial charge is 0.362 e. The number of nitrogens with zero attached hydrogens (tertiary/aromatic N) is 1. The summed E-state index contributed by atoms with van der Waals surface area (Å²) in [5.41, 5.74) is 3.01. The molecule has 2 rings (SSSR count). The van der Waals surface area contributed by atoms with Gasteiger partial charge in [-0.1, -0.05) is 24.3 Å². The van der Waals surface area contributed by atoms with Crippen molar-refractivity contribution in [1.82, 2.24) is 15.5 Å². The lowest BCUT2D eigenvalue weighted by Gasteiger charge is -2.26. The molecule has 1 aliphatic carbocycles. The number of hydrogen-bond donors (Lipinski definition) is 2. The molecule has 4 heteroatoms. The van der Waals surface area contributed by atoms with Crippen molar-refractivity contribution in [3.05, 3.63) is 35.4 Å². The zero-order valence-electron chi connectivity index (χ0n) is 12.5. The first-order chi connectivity index (χ1) is 9.66. The fourth-order valence-electron chi connectivity index (χ4n) is 2.74. The van der Waals surface area contributed by atoms with Crippen molar-refractivity contribution in [3.8, 4) is 0 Å². The Balaban J connectivity index is 1.79. The lowest BCUT2D eigenvalue weighted by Crippen LogP contribution is -2.40. The van der Waals surface area contributed by atoms with Crippen molar-refractivity contribution in [2.75, 3.05) is 33.7 Å².